The summed E-state index contributed by atoms with van der Waals surface area (Å²) in [7, 11) is 3.88. The molecule has 0 fully saturated rings. The zero-order valence-corrected chi connectivity index (χ0v) is 11.4. The summed E-state index contributed by atoms with van der Waals surface area (Å²) < 4.78 is 0. The van der Waals surface area contributed by atoms with Crippen molar-refractivity contribution in [2.75, 3.05) is 27.2 Å². The van der Waals surface area contributed by atoms with E-state index in [9.17, 15) is 5.11 Å². The maximum atomic E-state index is 9.77. The molecule has 4 heteroatoms. The van der Waals surface area contributed by atoms with Gasteiger partial charge >= 0.3 is 0 Å². The molecule has 1 aromatic carbocycles. The van der Waals surface area contributed by atoms with Crippen LogP contribution in [-0.2, 0) is 6.61 Å². The molecule has 0 spiro atoms. The number of hydrogen-bond donors (Lipinski definition) is 3. The van der Waals surface area contributed by atoms with E-state index < -0.39 is 0 Å². The van der Waals surface area contributed by atoms with E-state index in [1.807, 2.05) is 43.3 Å². The van der Waals surface area contributed by atoms with Gasteiger partial charge in [-0.25, -0.2) is 0 Å². The van der Waals surface area contributed by atoms with Gasteiger partial charge in [-0.15, -0.1) is 0 Å². The summed E-state index contributed by atoms with van der Waals surface area (Å²) in [6.07, 6.45) is -0.372. The van der Waals surface area contributed by atoms with Gasteiger partial charge in [-0.3, -0.25) is 0 Å². The third-order valence-corrected chi connectivity index (χ3v) is 2.87. The van der Waals surface area contributed by atoms with Crippen LogP contribution in [0.1, 0.15) is 24.1 Å². The molecule has 102 valence electrons. The second-order valence-corrected chi connectivity index (χ2v) is 4.95. The lowest BCUT2D eigenvalue weighted by Crippen LogP contribution is -2.36. The van der Waals surface area contributed by atoms with Crippen molar-refractivity contribution in [1.29, 1.82) is 0 Å². The highest BCUT2D eigenvalue weighted by molar-refractivity contribution is 5.25. The molecule has 0 aromatic heterocycles. The molecule has 2 atom stereocenters. The Balaban J connectivity index is 2.46. The van der Waals surface area contributed by atoms with E-state index in [0.717, 1.165) is 11.1 Å². The quantitative estimate of drug-likeness (QED) is 0.670. The normalized spacial score (nSPS) is 14.8. The Bertz CT molecular complexity index is 355. The summed E-state index contributed by atoms with van der Waals surface area (Å²) in [5.41, 5.74) is 2.04. The van der Waals surface area contributed by atoms with Crippen molar-refractivity contribution >= 4 is 0 Å². The standard InChI is InChI=1S/C14H24N2O2/c1-11(15-8-14(18)9-16(2)3)13-6-4-5-12(7-13)10-17/h4-7,11,14-15,17-18H,8-10H2,1-3H3. The molecule has 1 rings (SSSR count). The maximum absolute atomic E-state index is 9.77. The highest BCUT2D eigenvalue weighted by Crippen LogP contribution is 2.14. The average Bonchev–Trinajstić information content (AvgIpc) is 2.35. The van der Waals surface area contributed by atoms with E-state index >= 15 is 0 Å². The fourth-order valence-corrected chi connectivity index (χ4v) is 1.88. The highest BCUT2D eigenvalue weighted by atomic mass is 16.3. The van der Waals surface area contributed by atoms with Gasteiger partial charge in [0.15, 0.2) is 0 Å². The molecule has 3 N–H and O–H groups in total. The van der Waals surface area contributed by atoms with Crippen molar-refractivity contribution in [3.8, 4) is 0 Å². The van der Waals surface area contributed by atoms with Gasteiger partial charge in [0.2, 0.25) is 0 Å². The van der Waals surface area contributed by atoms with Gasteiger partial charge in [0.25, 0.3) is 0 Å². The first-order valence-electron chi connectivity index (χ1n) is 6.28. The molecular formula is C14H24N2O2. The SMILES string of the molecule is CC(NCC(O)CN(C)C)c1cccc(CO)c1. The molecule has 0 bridgehead atoms. The number of aliphatic hydroxyl groups excluding tert-OH is 2. The van der Waals surface area contributed by atoms with E-state index in [1.165, 1.54) is 0 Å². The van der Waals surface area contributed by atoms with Crippen LogP contribution >= 0.6 is 0 Å². The minimum absolute atomic E-state index is 0.0593. The molecule has 0 radical (unpaired) electrons. The molecule has 0 heterocycles. The molecule has 2 unspecified atom stereocenters. The van der Waals surface area contributed by atoms with Crippen LogP contribution in [0.4, 0.5) is 0 Å². The molecule has 0 saturated carbocycles. The number of nitrogens with one attached hydrogen (secondary N) is 1. The van der Waals surface area contributed by atoms with E-state index in [1.54, 1.807) is 0 Å². The van der Waals surface area contributed by atoms with Crippen LogP contribution in [0.5, 0.6) is 0 Å². The first-order valence-corrected chi connectivity index (χ1v) is 6.28. The smallest absolute Gasteiger partial charge is 0.0791 e. The number of likely N-dealkylation sites (N-methyl/N-ethyl adjacent to an activating group) is 1. The Kier molecular flexibility index (Phi) is 6.29. The Morgan fingerprint density at radius 2 is 2.06 bits per heavy atom. The minimum atomic E-state index is -0.372. The molecule has 0 amide bonds. The van der Waals surface area contributed by atoms with Crippen LogP contribution in [0, 0.1) is 0 Å². The maximum Gasteiger partial charge on any atom is 0.0791 e. The number of aliphatic hydroxyl groups is 2. The molecule has 0 aliphatic carbocycles. The van der Waals surface area contributed by atoms with Crippen molar-refractivity contribution in [2.24, 2.45) is 0 Å². The summed E-state index contributed by atoms with van der Waals surface area (Å²) in [5, 5.41) is 22.2. The molecule has 4 nitrogen and oxygen atoms in total. The number of rotatable bonds is 7. The third-order valence-electron chi connectivity index (χ3n) is 2.87. The summed E-state index contributed by atoms with van der Waals surface area (Å²) in [6, 6.07) is 8.01. The Hall–Kier alpha value is -0.940. The van der Waals surface area contributed by atoms with E-state index in [2.05, 4.69) is 12.2 Å². The fraction of sp³-hybridized carbons (Fsp3) is 0.571. The number of benzene rings is 1. The van der Waals surface area contributed by atoms with Crippen LogP contribution in [0.2, 0.25) is 0 Å². The lowest BCUT2D eigenvalue weighted by atomic mass is 10.1. The lowest BCUT2D eigenvalue weighted by molar-refractivity contribution is 0.132. The third kappa shape index (κ3) is 5.14. The van der Waals surface area contributed by atoms with E-state index in [-0.39, 0.29) is 18.8 Å². The van der Waals surface area contributed by atoms with Crippen LogP contribution < -0.4 is 5.32 Å². The van der Waals surface area contributed by atoms with Crippen LogP contribution in [0.15, 0.2) is 24.3 Å². The van der Waals surface area contributed by atoms with Gasteiger partial charge in [-0.1, -0.05) is 24.3 Å². The summed E-state index contributed by atoms with van der Waals surface area (Å²) in [4.78, 5) is 1.96. The van der Waals surface area contributed by atoms with Crippen molar-refractivity contribution in [3.05, 3.63) is 35.4 Å². The summed E-state index contributed by atoms with van der Waals surface area (Å²) >= 11 is 0. The van der Waals surface area contributed by atoms with Crippen LogP contribution in [-0.4, -0.2) is 48.4 Å². The van der Waals surface area contributed by atoms with Crippen molar-refractivity contribution < 1.29 is 10.2 Å². The lowest BCUT2D eigenvalue weighted by Gasteiger charge is -2.20. The summed E-state index contributed by atoms with van der Waals surface area (Å²) in [6.45, 7) is 3.32. The fourth-order valence-electron chi connectivity index (χ4n) is 1.88. The van der Waals surface area contributed by atoms with Crippen LogP contribution in [0.25, 0.3) is 0 Å². The predicted molar refractivity (Wildman–Crippen MR) is 73.3 cm³/mol. The molecule has 1 aromatic rings. The Morgan fingerprint density at radius 1 is 1.33 bits per heavy atom. The second kappa shape index (κ2) is 7.48. The Morgan fingerprint density at radius 3 is 2.67 bits per heavy atom. The molecular weight excluding hydrogens is 228 g/mol. The molecule has 0 aliphatic rings. The van der Waals surface area contributed by atoms with Crippen molar-refractivity contribution in [3.63, 3.8) is 0 Å². The van der Waals surface area contributed by atoms with Gasteiger partial charge in [0.1, 0.15) is 0 Å². The van der Waals surface area contributed by atoms with Gasteiger partial charge < -0.3 is 20.4 Å². The van der Waals surface area contributed by atoms with Crippen molar-refractivity contribution in [2.45, 2.75) is 25.7 Å². The molecule has 0 aliphatic heterocycles. The van der Waals surface area contributed by atoms with Crippen LogP contribution in [0.3, 0.4) is 0 Å². The first kappa shape index (κ1) is 15.1. The number of nitrogens with zero attached hydrogens (tertiary/aromatic N) is 1. The van der Waals surface area contributed by atoms with E-state index in [0.29, 0.717) is 13.1 Å². The van der Waals surface area contributed by atoms with Gasteiger partial charge in [0.05, 0.1) is 12.7 Å². The molecule has 0 saturated heterocycles. The van der Waals surface area contributed by atoms with Gasteiger partial charge in [0, 0.05) is 19.1 Å². The molecule has 18 heavy (non-hydrogen) atoms. The Labute approximate surface area is 109 Å². The van der Waals surface area contributed by atoms with E-state index in [4.69, 9.17) is 5.11 Å². The largest absolute Gasteiger partial charge is 0.392 e. The van der Waals surface area contributed by atoms with Gasteiger partial charge in [-0.05, 0) is 32.1 Å². The summed E-state index contributed by atoms with van der Waals surface area (Å²) in [5.74, 6) is 0. The zero-order chi connectivity index (χ0) is 13.5. The first-order chi connectivity index (χ1) is 8.52. The van der Waals surface area contributed by atoms with Crippen molar-refractivity contribution in [1.82, 2.24) is 10.2 Å². The zero-order valence-electron chi connectivity index (χ0n) is 11.4. The highest BCUT2D eigenvalue weighted by Gasteiger charge is 2.09. The topological polar surface area (TPSA) is 55.7 Å². The monoisotopic (exact) mass is 252 g/mol. The van der Waals surface area contributed by atoms with Gasteiger partial charge in [-0.2, -0.15) is 0 Å². The second-order valence-electron chi connectivity index (χ2n) is 4.95. The predicted octanol–water partition coefficient (Wildman–Crippen LogP) is 0.752. The minimum Gasteiger partial charge on any atom is -0.392 e. The number of hydrogen-bond acceptors (Lipinski definition) is 4. The average molecular weight is 252 g/mol.